The fraction of sp³-hybridized carbons (Fsp3) is 0.364. The second-order valence-electron chi connectivity index (χ2n) is 10.7. The number of likely N-dealkylation sites (N-methyl/N-ethyl adjacent to an activating group) is 2. The van der Waals surface area contributed by atoms with Gasteiger partial charge < -0.3 is 0 Å². The number of fused-ring (bicyclic) bond motifs is 2. The van der Waals surface area contributed by atoms with Crippen LogP contribution in [0.1, 0.15) is 49.9 Å². The number of amides is 4. The van der Waals surface area contributed by atoms with E-state index in [1.54, 1.807) is 13.8 Å². The molecule has 0 spiro atoms. The summed E-state index contributed by atoms with van der Waals surface area (Å²) in [7, 11) is 0. The average molecular weight is 794 g/mol. The number of urea groups is 1. The van der Waals surface area contributed by atoms with E-state index < -0.39 is 59.7 Å². The molecule has 3 heterocycles. The van der Waals surface area contributed by atoms with Crippen LogP contribution in [0.4, 0.5) is 16.2 Å². The molecule has 5 rings (SSSR count). The van der Waals surface area contributed by atoms with Crippen molar-refractivity contribution in [1.82, 2.24) is 9.80 Å². The van der Waals surface area contributed by atoms with Gasteiger partial charge in [0, 0.05) is 0 Å². The van der Waals surface area contributed by atoms with Crippen molar-refractivity contribution in [2.75, 3.05) is 36.0 Å². The van der Waals surface area contributed by atoms with Crippen LogP contribution in [-0.4, -0.2) is 95.7 Å². The van der Waals surface area contributed by atoms with Crippen LogP contribution in [0, 0.1) is 27.7 Å². The molecule has 0 radical (unpaired) electrons. The molecule has 0 bridgehead atoms. The number of carbonyl (C=O) groups excluding carboxylic acids is 3. The first-order chi connectivity index (χ1) is 20.0. The summed E-state index contributed by atoms with van der Waals surface area (Å²) in [5.41, 5.74) is 8.26. The van der Waals surface area contributed by atoms with Crippen LogP contribution in [0.2, 0.25) is 0 Å². The number of aryl methyl sites for hydroxylation is 4. The van der Waals surface area contributed by atoms with Crippen LogP contribution in [0.15, 0.2) is 55.1 Å². The Bertz CT molecular complexity index is 1490. The Balaban J connectivity index is 1.73. The Morgan fingerprint density at radius 3 is 1.31 bits per heavy atom. The van der Waals surface area contributed by atoms with Crippen molar-refractivity contribution in [2.24, 2.45) is 0 Å². The number of benzene rings is 2. The molecule has 2 aromatic rings. The Morgan fingerprint density at radius 1 is 0.595 bits per heavy atom. The number of carbonyl (C=O) groups is 3. The predicted octanol–water partition coefficient (Wildman–Crippen LogP) is 3.77. The molecule has 7 nitrogen and oxygen atoms in total. The third-order valence-corrected chi connectivity index (χ3v) is 14.4. The zero-order chi connectivity index (χ0) is 30.5. The minimum absolute atomic E-state index is 0.0944. The molecule has 0 aromatic heterocycles. The molecule has 3 aliphatic rings. The summed E-state index contributed by atoms with van der Waals surface area (Å²) in [6.45, 7) is 18.5. The van der Waals surface area contributed by atoms with Crippen molar-refractivity contribution in [3.63, 3.8) is 0 Å². The maximum absolute atomic E-state index is 13.9. The summed E-state index contributed by atoms with van der Waals surface area (Å²) in [5, 5.41) is 0. The molecule has 1 saturated heterocycles. The van der Waals surface area contributed by atoms with Gasteiger partial charge in [0.2, 0.25) is 0 Å². The summed E-state index contributed by atoms with van der Waals surface area (Å²) < 4.78 is 5.10. The summed E-state index contributed by atoms with van der Waals surface area (Å²) >= 11 is -1.51. The van der Waals surface area contributed by atoms with Crippen LogP contribution in [0.25, 0.3) is 0 Å². The molecular weight excluding hydrogens is 756 g/mol. The van der Waals surface area contributed by atoms with E-state index in [0.29, 0.717) is 5.57 Å². The van der Waals surface area contributed by atoms with Crippen molar-refractivity contribution >= 4 is 78.3 Å². The van der Waals surface area contributed by atoms with E-state index in [9.17, 15) is 14.4 Å². The van der Waals surface area contributed by atoms with E-state index in [-0.39, 0.29) is 18.7 Å². The van der Waals surface area contributed by atoms with E-state index in [2.05, 4.69) is 87.8 Å². The molecule has 0 aliphatic carbocycles. The SMILES string of the molecule is CCN1C(=O)C(=C(C=C2[Te]c3cc(C)c(C)cc3N2CC)C=C2[Te]c3cc(C)c(C)cc3N2CC)C(=O)N(CC)C1=O. The first kappa shape index (κ1) is 30.9. The number of anilines is 2. The first-order valence-electron chi connectivity index (χ1n) is 14.5. The molecule has 0 N–H and O–H groups in total. The van der Waals surface area contributed by atoms with Gasteiger partial charge in [0.25, 0.3) is 0 Å². The minimum atomic E-state index is -0.757. The molecule has 0 atom stereocenters. The molecule has 1 fully saturated rings. The third kappa shape index (κ3) is 5.24. The maximum atomic E-state index is 13.9. The van der Waals surface area contributed by atoms with Gasteiger partial charge >= 0.3 is 271 Å². The van der Waals surface area contributed by atoms with Gasteiger partial charge in [-0.2, -0.15) is 0 Å². The molecule has 220 valence electrons. The Labute approximate surface area is 269 Å². The van der Waals surface area contributed by atoms with Crippen molar-refractivity contribution < 1.29 is 14.4 Å². The van der Waals surface area contributed by atoms with Gasteiger partial charge in [0.05, 0.1) is 0 Å². The molecule has 0 saturated carbocycles. The number of imide groups is 2. The number of barbiturate groups is 1. The Morgan fingerprint density at radius 2 is 0.952 bits per heavy atom. The molecule has 3 aliphatic heterocycles. The molecule has 2 aromatic carbocycles. The van der Waals surface area contributed by atoms with Crippen molar-refractivity contribution in [2.45, 2.75) is 55.4 Å². The topological polar surface area (TPSA) is 64.2 Å². The molecule has 42 heavy (non-hydrogen) atoms. The number of allylic oxidation sites excluding steroid dienone is 3. The Hall–Kier alpha value is -2.55. The van der Waals surface area contributed by atoms with Gasteiger partial charge in [0.15, 0.2) is 0 Å². The van der Waals surface area contributed by atoms with E-state index in [1.807, 2.05) is 0 Å². The molecular formula is C33H38N4O3Te2. The molecule has 4 amide bonds. The fourth-order valence-electron chi connectivity index (χ4n) is 5.51. The van der Waals surface area contributed by atoms with E-state index in [1.165, 1.54) is 58.1 Å². The standard InChI is InChI=1S/C33H38N4O3Te2/c1-9-34-24-13-19(5)21(7)15-26(24)41-28(34)17-23(30-31(38)36(11-3)33(40)37(12-4)32(30)39)18-29-35(10-2)25-14-20(6)22(8)16-27(25)42-29/h13-18H,9-12H2,1-8H3. The van der Waals surface area contributed by atoms with Gasteiger partial charge in [-0.25, -0.2) is 0 Å². The van der Waals surface area contributed by atoms with Crippen LogP contribution >= 0.6 is 0 Å². The van der Waals surface area contributed by atoms with Crippen LogP contribution < -0.4 is 17.0 Å². The van der Waals surface area contributed by atoms with Crippen LogP contribution in [-0.2, 0) is 9.59 Å². The second kappa shape index (κ2) is 12.2. The molecule has 0 unspecified atom stereocenters. The van der Waals surface area contributed by atoms with Crippen molar-refractivity contribution in [1.29, 1.82) is 0 Å². The monoisotopic (exact) mass is 798 g/mol. The number of hydrogen-bond donors (Lipinski definition) is 0. The van der Waals surface area contributed by atoms with Gasteiger partial charge in [-0.3, -0.25) is 0 Å². The van der Waals surface area contributed by atoms with Gasteiger partial charge in [0.1, 0.15) is 0 Å². The van der Waals surface area contributed by atoms with Crippen LogP contribution in [0.3, 0.4) is 0 Å². The summed E-state index contributed by atoms with van der Waals surface area (Å²) in [5.74, 6) is -1.00. The fourth-order valence-corrected chi connectivity index (χ4v) is 12.7. The normalized spacial score (nSPS) is 18.7. The predicted molar refractivity (Wildman–Crippen MR) is 172 cm³/mol. The number of hydrogen-bond acceptors (Lipinski definition) is 5. The van der Waals surface area contributed by atoms with Crippen LogP contribution in [0.5, 0.6) is 0 Å². The van der Waals surface area contributed by atoms with E-state index in [0.717, 1.165) is 13.1 Å². The first-order valence-corrected chi connectivity index (χ1v) is 19.2. The van der Waals surface area contributed by atoms with Crippen molar-refractivity contribution in [3.05, 3.63) is 77.3 Å². The Kier molecular flexibility index (Phi) is 8.98. The summed E-state index contributed by atoms with van der Waals surface area (Å²) in [4.78, 5) is 47.9. The van der Waals surface area contributed by atoms with Crippen molar-refractivity contribution in [3.8, 4) is 0 Å². The number of nitrogens with zero attached hydrogens (tertiary/aromatic N) is 4. The van der Waals surface area contributed by atoms with Gasteiger partial charge in [-0.15, -0.1) is 0 Å². The third-order valence-electron chi connectivity index (χ3n) is 8.18. The zero-order valence-electron chi connectivity index (χ0n) is 25.6. The second-order valence-corrected chi connectivity index (χ2v) is 16.7. The summed E-state index contributed by atoms with van der Waals surface area (Å²) in [6.07, 6.45) is 4.18. The van der Waals surface area contributed by atoms with E-state index in [4.69, 9.17) is 0 Å². The van der Waals surface area contributed by atoms with Gasteiger partial charge in [-0.1, -0.05) is 0 Å². The average Bonchev–Trinajstić information content (AvgIpc) is 3.44. The number of rotatable bonds is 6. The van der Waals surface area contributed by atoms with E-state index >= 15 is 0 Å². The zero-order valence-corrected chi connectivity index (χ0v) is 30.3. The summed E-state index contributed by atoms with van der Waals surface area (Å²) in [6, 6.07) is 8.60. The molecule has 9 heteroatoms. The quantitative estimate of drug-likeness (QED) is 0.254. The van der Waals surface area contributed by atoms with Gasteiger partial charge in [-0.05, 0) is 0 Å².